The van der Waals surface area contributed by atoms with Crippen molar-refractivity contribution in [3.63, 3.8) is 0 Å². The fourth-order valence-electron chi connectivity index (χ4n) is 3.78. The Kier molecular flexibility index (Phi) is 8.17. The van der Waals surface area contributed by atoms with Crippen LogP contribution in [0, 0.1) is 0 Å². The monoisotopic (exact) mass is 508 g/mol. The van der Waals surface area contributed by atoms with Gasteiger partial charge in [0.1, 0.15) is 12.6 Å². The summed E-state index contributed by atoms with van der Waals surface area (Å²) < 4.78 is 18.6. The minimum atomic E-state index is -1.11. The molecule has 2 amide bonds. The average molecular weight is 509 g/mol. The number of amides is 2. The number of hydrogen-bond donors (Lipinski definition) is 2. The summed E-state index contributed by atoms with van der Waals surface area (Å²) in [5.41, 5.74) is 7.62. The van der Waals surface area contributed by atoms with E-state index in [0.29, 0.717) is 42.6 Å². The van der Waals surface area contributed by atoms with E-state index in [9.17, 15) is 9.59 Å². The highest BCUT2D eigenvalue weighted by atomic mass is 16.6. The number of hydrogen-bond acceptors (Lipinski definition) is 8. The number of carbonyl (C=O) groups is 2. The van der Waals surface area contributed by atoms with E-state index in [1.807, 2.05) is 30.3 Å². The molecule has 2 aromatic heterocycles. The standard InChI is InChI=1S/C26H32N6O5/c1-18-14-35-13-12-31(18)25(34)37-16-20-10-7-11-22-29-30-23(32(20)22)21(28-24(33)26(2,3)27)17-36-15-19-8-5-4-6-9-19/h4-11,21H,1,12-17,27H2,2-3H3,(H,28,33)/t21-/m1/s1. The van der Waals surface area contributed by atoms with Gasteiger partial charge in [-0.3, -0.25) is 14.1 Å². The fraction of sp³-hybridized carbons (Fsp3) is 0.385. The van der Waals surface area contributed by atoms with Crippen LogP contribution in [-0.4, -0.2) is 63.4 Å². The van der Waals surface area contributed by atoms with Crippen molar-refractivity contribution in [3.05, 3.63) is 77.9 Å². The maximum absolute atomic E-state index is 12.8. The number of fused-ring (bicyclic) bond motifs is 1. The van der Waals surface area contributed by atoms with Gasteiger partial charge in [0.05, 0.1) is 44.2 Å². The Labute approximate surface area is 215 Å². The van der Waals surface area contributed by atoms with Crippen LogP contribution in [0.3, 0.4) is 0 Å². The van der Waals surface area contributed by atoms with Crippen molar-refractivity contribution in [2.24, 2.45) is 5.73 Å². The zero-order chi connectivity index (χ0) is 26.4. The Balaban J connectivity index is 1.56. The largest absolute Gasteiger partial charge is 0.443 e. The molecular weight excluding hydrogens is 476 g/mol. The zero-order valence-corrected chi connectivity index (χ0v) is 21.1. The smallest absolute Gasteiger partial charge is 0.414 e. The first-order valence-corrected chi connectivity index (χ1v) is 12.0. The van der Waals surface area contributed by atoms with E-state index in [-0.39, 0.29) is 25.7 Å². The lowest BCUT2D eigenvalue weighted by atomic mass is 10.1. The lowest BCUT2D eigenvalue weighted by Gasteiger charge is -2.28. The lowest BCUT2D eigenvalue weighted by Crippen LogP contribution is -2.51. The molecule has 0 radical (unpaired) electrons. The van der Waals surface area contributed by atoms with Gasteiger partial charge in [-0.1, -0.05) is 43.0 Å². The van der Waals surface area contributed by atoms with Crippen molar-refractivity contribution in [2.75, 3.05) is 26.4 Å². The van der Waals surface area contributed by atoms with Crippen molar-refractivity contribution >= 4 is 17.6 Å². The molecule has 4 rings (SSSR count). The van der Waals surface area contributed by atoms with Gasteiger partial charge >= 0.3 is 6.09 Å². The molecule has 1 atom stereocenters. The lowest BCUT2D eigenvalue weighted by molar-refractivity contribution is -0.126. The molecular formula is C26H32N6O5. The summed E-state index contributed by atoms with van der Waals surface area (Å²) in [6.45, 7) is 8.61. The Hall–Kier alpha value is -3.80. The highest BCUT2D eigenvalue weighted by Crippen LogP contribution is 2.19. The minimum Gasteiger partial charge on any atom is -0.443 e. The topological polar surface area (TPSA) is 133 Å². The van der Waals surface area contributed by atoms with Gasteiger partial charge < -0.3 is 25.3 Å². The van der Waals surface area contributed by atoms with E-state index in [2.05, 4.69) is 22.1 Å². The Morgan fingerprint density at radius 3 is 2.68 bits per heavy atom. The number of nitrogens with zero attached hydrogens (tertiary/aromatic N) is 4. The molecule has 196 valence electrons. The predicted octanol–water partition coefficient (Wildman–Crippen LogP) is 2.32. The van der Waals surface area contributed by atoms with Crippen molar-refractivity contribution < 1.29 is 23.8 Å². The van der Waals surface area contributed by atoms with Crippen LogP contribution in [0.1, 0.15) is 37.0 Å². The second-order valence-corrected chi connectivity index (χ2v) is 9.34. The number of benzene rings is 1. The molecule has 0 unspecified atom stereocenters. The van der Waals surface area contributed by atoms with Crippen LogP contribution >= 0.6 is 0 Å². The molecule has 37 heavy (non-hydrogen) atoms. The van der Waals surface area contributed by atoms with Crippen LogP contribution < -0.4 is 11.1 Å². The molecule has 1 saturated heterocycles. The number of morpholine rings is 1. The molecule has 1 aromatic carbocycles. The molecule has 0 bridgehead atoms. The molecule has 1 aliphatic heterocycles. The third-order valence-corrected chi connectivity index (χ3v) is 5.81. The highest BCUT2D eigenvalue weighted by Gasteiger charge is 2.29. The first-order chi connectivity index (χ1) is 17.7. The third kappa shape index (κ3) is 6.50. The second-order valence-electron chi connectivity index (χ2n) is 9.34. The van der Waals surface area contributed by atoms with Crippen LogP contribution in [0.15, 0.2) is 60.8 Å². The number of nitrogens with one attached hydrogen (secondary N) is 1. The SMILES string of the molecule is C=C1COCCN1C(=O)OCc1cccc2nnc([C@@H](COCc3ccccc3)NC(=O)C(C)(C)N)n12. The highest BCUT2D eigenvalue weighted by molar-refractivity contribution is 5.85. The second kappa shape index (κ2) is 11.5. The van der Waals surface area contributed by atoms with Gasteiger partial charge in [0.25, 0.3) is 0 Å². The Morgan fingerprint density at radius 2 is 1.95 bits per heavy atom. The van der Waals surface area contributed by atoms with Crippen LogP contribution in [0.5, 0.6) is 0 Å². The van der Waals surface area contributed by atoms with Crippen molar-refractivity contribution in [1.29, 1.82) is 0 Å². The summed E-state index contributed by atoms with van der Waals surface area (Å²) in [7, 11) is 0. The molecule has 3 heterocycles. The molecule has 0 saturated carbocycles. The molecule has 0 aliphatic carbocycles. The van der Waals surface area contributed by atoms with Crippen LogP contribution in [0.4, 0.5) is 4.79 Å². The first-order valence-electron chi connectivity index (χ1n) is 12.0. The van der Waals surface area contributed by atoms with E-state index in [0.717, 1.165) is 5.56 Å². The molecule has 1 fully saturated rings. The predicted molar refractivity (Wildman–Crippen MR) is 135 cm³/mol. The van der Waals surface area contributed by atoms with E-state index in [1.54, 1.807) is 36.4 Å². The number of rotatable bonds is 9. The minimum absolute atomic E-state index is 0.0419. The fourth-order valence-corrected chi connectivity index (χ4v) is 3.78. The van der Waals surface area contributed by atoms with Crippen molar-refractivity contribution in [3.8, 4) is 0 Å². The van der Waals surface area contributed by atoms with Crippen LogP contribution in [0.2, 0.25) is 0 Å². The summed E-state index contributed by atoms with van der Waals surface area (Å²) in [6, 6.07) is 14.4. The maximum atomic E-state index is 12.8. The van der Waals surface area contributed by atoms with Gasteiger partial charge in [0.15, 0.2) is 11.5 Å². The van der Waals surface area contributed by atoms with Gasteiger partial charge in [0.2, 0.25) is 5.91 Å². The Bertz CT molecular complexity index is 1250. The normalized spacial score (nSPS) is 15.0. The van der Waals surface area contributed by atoms with Crippen molar-refractivity contribution in [2.45, 2.75) is 38.6 Å². The molecule has 11 heteroatoms. The maximum Gasteiger partial charge on any atom is 0.414 e. The number of aromatic nitrogens is 3. The first kappa shape index (κ1) is 26.3. The van der Waals surface area contributed by atoms with Gasteiger partial charge in [0, 0.05) is 5.70 Å². The molecule has 11 nitrogen and oxygen atoms in total. The number of ether oxygens (including phenoxy) is 3. The quantitative estimate of drug-likeness (QED) is 0.450. The van der Waals surface area contributed by atoms with E-state index < -0.39 is 17.7 Å². The van der Waals surface area contributed by atoms with Gasteiger partial charge in [-0.15, -0.1) is 10.2 Å². The summed E-state index contributed by atoms with van der Waals surface area (Å²) in [5, 5.41) is 11.5. The van der Waals surface area contributed by atoms with Crippen LogP contribution in [-0.2, 0) is 32.2 Å². The van der Waals surface area contributed by atoms with E-state index >= 15 is 0 Å². The third-order valence-electron chi connectivity index (χ3n) is 5.81. The summed E-state index contributed by atoms with van der Waals surface area (Å²) in [5.74, 6) is 0.0652. The number of nitrogens with two attached hydrogens (primary N) is 1. The molecule has 1 aliphatic rings. The van der Waals surface area contributed by atoms with Gasteiger partial charge in [-0.25, -0.2) is 4.79 Å². The summed E-state index contributed by atoms with van der Waals surface area (Å²) in [6.07, 6.45) is -0.513. The van der Waals surface area contributed by atoms with Crippen LogP contribution in [0.25, 0.3) is 5.65 Å². The zero-order valence-electron chi connectivity index (χ0n) is 21.1. The van der Waals surface area contributed by atoms with Gasteiger partial charge in [-0.05, 0) is 31.5 Å². The van der Waals surface area contributed by atoms with E-state index in [1.165, 1.54) is 4.90 Å². The number of carbonyl (C=O) groups excluding carboxylic acids is 2. The number of pyridine rings is 1. The molecule has 3 aromatic rings. The summed E-state index contributed by atoms with van der Waals surface area (Å²) >= 11 is 0. The van der Waals surface area contributed by atoms with Gasteiger partial charge in [-0.2, -0.15) is 0 Å². The molecule has 3 N–H and O–H groups in total. The van der Waals surface area contributed by atoms with Crippen molar-refractivity contribution in [1.82, 2.24) is 24.8 Å². The molecule has 0 spiro atoms. The Morgan fingerprint density at radius 1 is 1.16 bits per heavy atom. The summed E-state index contributed by atoms with van der Waals surface area (Å²) in [4.78, 5) is 26.9. The van der Waals surface area contributed by atoms with E-state index in [4.69, 9.17) is 19.9 Å². The average Bonchev–Trinajstić information content (AvgIpc) is 3.32.